The van der Waals surface area contributed by atoms with E-state index in [1.54, 1.807) is 6.07 Å². The fraction of sp³-hybridized carbons (Fsp3) is 0. The molecule has 0 aromatic heterocycles. The molecule has 1 aliphatic heterocycles. The molecule has 1 atom stereocenters. The van der Waals surface area contributed by atoms with Crippen molar-refractivity contribution in [3.05, 3.63) is 53.7 Å². The monoisotopic (exact) mass is 211 g/mol. The number of hydrogen-bond acceptors (Lipinski definition) is 3. The molecule has 1 unspecified atom stereocenters. The van der Waals surface area contributed by atoms with Gasteiger partial charge in [0.25, 0.3) is 0 Å². The molecule has 2 aromatic carbocycles. The molecule has 16 heavy (non-hydrogen) atoms. The van der Waals surface area contributed by atoms with E-state index in [2.05, 4.69) is 10.3 Å². The number of quaternary nitrogens is 1. The van der Waals surface area contributed by atoms with Crippen LogP contribution in [0.15, 0.2) is 58.9 Å². The van der Waals surface area contributed by atoms with Crippen LogP contribution in [0.25, 0.3) is 11.1 Å². The van der Waals surface area contributed by atoms with E-state index in [0.717, 1.165) is 11.1 Å². The zero-order valence-corrected chi connectivity index (χ0v) is 8.42. The van der Waals surface area contributed by atoms with Crippen molar-refractivity contribution < 1.29 is 5.17 Å². The van der Waals surface area contributed by atoms with Crippen LogP contribution >= 0.6 is 0 Å². The molecule has 0 saturated heterocycles. The Hall–Kier alpha value is -2.04. The first-order valence-corrected chi connectivity index (χ1v) is 5.01. The number of benzene rings is 2. The highest BCUT2D eigenvalue weighted by Crippen LogP contribution is 2.36. The smallest absolute Gasteiger partial charge is 0.187 e. The topological polar surface area (TPSA) is 52.2 Å². The Balaban J connectivity index is 2.21. The number of rotatable bonds is 1. The Morgan fingerprint density at radius 3 is 2.56 bits per heavy atom. The van der Waals surface area contributed by atoms with Crippen molar-refractivity contribution in [2.45, 2.75) is 0 Å². The molecule has 0 aliphatic carbocycles. The van der Waals surface area contributed by atoms with Crippen LogP contribution in [-0.4, -0.2) is 0 Å². The van der Waals surface area contributed by atoms with Gasteiger partial charge in [0.1, 0.15) is 0 Å². The van der Waals surface area contributed by atoms with Crippen molar-refractivity contribution in [3.63, 3.8) is 0 Å². The van der Waals surface area contributed by atoms with Gasteiger partial charge in [-0.2, -0.15) is 5.17 Å². The van der Waals surface area contributed by atoms with Gasteiger partial charge in [-0.1, -0.05) is 47.6 Å². The lowest BCUT2D eigenvalue weighted by molar-refractivity contribution is -0.784. The van der Waals surface area contributed by atoms with Gasteiger partial charge in [-0.25, -0.2) is 0 Å². The Kier molecular flexibility index (Phi) is 2.02. The molecule has 1 aliphatic rings. The summed E-state index contributed by atoms with van der Waals surface area (Å²) in [6.45, 7) is 0. The molecule has 0 fully saturated rings. The number of fused-ring (bicyclic) bond motifs is 1. The molecule has 1 N–H and O–H groups in total. The second-order valence-corrected chi connectivity index (χ2v) is 3.57. The minimum atomic E-state index is -0.257. The van der Waals surface area contributed by atoms with Crippen LogP contribution in [0.1, 0.15) is 0 Å². The number of nitrogens with one attached hydrogen (secondary N) is 1. The third-order valence-corrected chi connectivity index (χ3v) is 2.59. The normalized spacial score (nSPS) is 17.4. The molecule has 0 spiro atoms. The molecule has 78 valence electrons. The van der Waals surface area contributed by atoms with Crippen LogP contribution in [0.5, 0.6) is 0 Å². The van der Waals surface area contributed by atoms with E-state index >= 15 is 0 Å². The average molecular weight is 211 g/mol. The van der Waals surface area contributed by atoms with Crippen molar-refractivity contribution in [1.82, 2.24) is 0 Å². The Morgan fingerprint density at radius 1 is 0.938 bits per heavy atom. The van der Waals surface area contributed by atoms with Crippen molar-refractivity contribution in [1.29, 1.82) is 0 Å². The van der Waals surface area contributed by atoms with Gasteiger partial charge in [0, 0.05) is 16.9 Å². The second-order valence-electron chi connectivity index (χ2n) is 3.57. The van der Waals surface area contributed by atoms with Gasteiger partial charge in [0.05, 0.1) is 0 Å². The summed E-state index contributed by atoms with van der Waals surface area (Å²) in [6.07, 6.45) is 0. The van der Waals surface area contributed by atoms with Crippen LogP contribution in [-0.2, 0) is 0 Å². The van der Waals surface area contributed by atoms with Gasteiger partial charge in [-0.15, -0.1) is 0 Å². The van der Waals surface area contributed by atoms with Crippen molar-refractivity contribution in [2.75, 3.05) is 0 Å². The summed E-state index contributed by atoms with van der Waals surface area (Å²) in [4.78, 5) is 0. The molecular formula is C12H9N3O. The minimum Gasteiger partial charge on any atom is -0.600 e. The molecule has 1 heterocycles. The lowest BCUT2D eigenvalue weighted by Crippen LogP contribution is -2.95. The Morgan fingerprint density at radius 2 is 1.75 bits per heavy atom. The summed E-state index contributed by atoms with van der Waals surface area (Å²) < 4.78 is 0. The highest BCUT2D eigenvalue weighted by molar-refractivity contribution is 5.82. The highest BCUT2D eigenvalue weighted by Gasteiger charge is 2.20. The minimum absolute atomic E-state index is 0.257. The van der Waals surface area contributed by atoms with Gasteiger partial charge in [0.2, 0.25) is 0 Å². The first kappa shape index (κ1) is 9.21. The SMILES string of the molecule is [O-][NH+]1N=Nc2c(-c3ccccc3)cccc21. The maximum Gasteiger partial charge on any atom is 0.187 e. The fourth-order valence-corrected chi connectivity index (χ4v) is 1.82. The molecule has 3 rings (SSSR count). The van der Waals surface area contributed by atoms with E-state index in [1.165, 1.54) is 0 Å². The summed E-state index contributed by atoms with van der Waals surface area (Å²) in [5, 5.41) is 18.6. The van der Waals surface area contributed by atoms with Crippen molar-refractivity contribution >= 4 is 11.4 Å². The Bertz CT molecular complexity index is 551. The lowest BCUT2D eigenvalue weighted by atomic mass is 10.0. The first-order chi connectivity index (χ1) is 7.86. The summed E-state index contributed by atoms with van der Waals surface area (Å²) in [6, 6.07) is 15.4. The van der Waals surface area contributed by atoms with Crippen LogP contribution in [0.4, 0.5) is 11.4 Å². The fourth-order valence-electron chi connectivity index (χ4n) is 1.82. The molecule has 0 saturated carbocycles. The van der Waals surface area contributed by atoms with Crippen molar-refractivity contribution in [2.24, 2.45) is 10.3 Å². The van der Waals surface area contributed by atoms with E-state index in [-0.39, 0.29) is 5.17 Å². The van der Waals surface area contributed by atoms with E-state index in [4.69, 9.17) is 0 Å². The average Bonchev–Trinajstić information content (AvgIpc) is 2.73. The summed E-state index contributed by atoms with van der Waals surface area (Å²) in [5.74, 6) is 0. The maximum absolute atomic E-state index is 11.4. The van der Waals surface area contributed by atoms with Gasteiger partial charge in [0.15, 0.2) is 11.4 Å². The maximum atomic E-state index is 11.4. The molecule has 0 radical (unpaired) electrons. The standard InChI is InChI=1S/C12H9N3O/c16-15-11-8-4-7-10(12(11)13-14-15)9-5-2-1-3-6-9/h1-8,15H. The van der Waals surface area contributed by atoms with Gasteiger partial charge < -0.3 is 5.21 Å². The second kappa shape index (κ2) is 3.52. The predicted octanol–water partition coefficient (Wildman–Crippen LogP) is 2.38. The first-order valence-electron chi connectivity index (χ1n) is 5.01. The summed E-state index contributed by atoms with van der Waals surface area (Å²) in [7, 11) is 0. The molecule has 4 heteroatoms. The number of nitrogens with zero attached hydrogens (tertiary/aromatic N) is 2. The quantitative estimate of drug-likeness (QED) is 0.723. The molecule has 2 aromatic rings. The van der Waals surface area contributed by atoms with Crippen LogP contribution in [0.3, 0.4) is 0 Å². The molecule has 0 amide bonds. The van der Waals surface area contributed by atoms with Crippen LogP contribution < -0.4 is 5.17 Å². The van der Waals surface area contributed by atoms with Crippen molar-refractivity contribution in [3.8, 4) is 11.1 Å². The Labute approximate surface area is 92.4 Å². The molecular weight excluding hydrogens is 202 g/mol. The van der Waals surface area contributed by atoms with Crippen LogP contribution in [0, 0.1) is 5.21 Å². The molecule has 4 nitrogen and oxygen atoms in total. The summed E-state index contributed by atoms with van der Waals surface area (Å²) >= 11 is 0. The third kappa shape index (κ3) is 1.32. The van der Waals surface area contributed by atoms with E-state index in [1.807, 2.05) is 42.5 Å². The highest BCUT2D eigenvalue weighted by atomic mass is 16.5. The third-order valence-electron chi connectivity index (χ3n) is 2.59. The predicted molar refractivity (Wildman–Crippen MR) is 60.4 cm³/mol. The summed E-state index contributed by atoms with van der Waals surface area (Å²) in [5.41, 5.74) is 3.26. The van der Waals surface area contributed by atoms with E-state index < -0.39 is 0 Å². The zero-order chi connectivity index (χ0) is 11.0. The largest absolute Gasteiger partial charge is 0.600 e. The van der Waals surface area contributed by atoms with E-state index in [0.29, 0.717) is 11.4 Å². The van der Waals surface area contributed by atoms with E-state index in [9.17, 15) is 5.21 Å². The van der Waals surface area contributed by atoms with Gasteiger partial charge >= 0.3 is 0 Å². The molecule has 0 bridgehead atoms. The number of hydrogen-bond donors (Lipinski definition) is 1. The van der Waals surface area contributed by atoms with Gasteiger partial charge in [-0.05, 0) is 5.56 Å². The zero-order valence-electron chi connectivity index (χ0n) is 8.42. The van der Waals surface area contributed by atoms with Gasteiger partial charge in [-0.3, -0.25) is 0 Å². The van der Waals surface area contributed by atoms with Crippen LogP contribution in [0.2, 0.25) is 0 Å². The lowest BCUT2D eigenvalue weighted by Gasteiger charge is -2.09.